The Hall–Kier alpha value is -7.06. The maximum atomic E-state index is 13.0. The fraction of sp³-hybridized carbons (Fsp3) is 0.524. The van der Waals surface area contributed by atoms with Crippen molar-refractivity contribution >= 4 is 78.3 Å². The number of carbonyl (C=O) groups is 4. The number of pyridine rings is 4. The van der Waals surface area contributed by atoms with E-state index >= 15 is 0 Å². The zero-order valence-electron chi connectivity index (χ0n) is 51.1. The Morgan fingerprint density at radius 3 is 1.44 bits per heavy atom. The minimum absolute atomic E-state index is 0. The van der Waals surface area contributed by atoms with Gasteiger partial charge in [0.1, 0.15) is 35.2 Å². The van der Waals surface area contributed by atoms with Crippen LogP contribution in [-0.4, -0.2) is 111 Å². The van der Waals surface area contributed by atoms with Crippen molar-refractivity contribution in [3.05, 3.63) is 107 Å². The number of ether oxygens (including phenoxy) is 2. The van der Waals surface area contributed by atoms with E-state index in [1.165, 1.54) is 90.7 Å². The van der Waals surface area contributed by atoms with Gasteiger partial charge in [-0.25, -0.2) is 52.4 Å². The number of halogens is 2. The number of aromatic nitrogens is 8. The lowest BCUT2D eigenvalue weighted by Gasteiger charge is -2.17. The number of hydrogen-bond acceptors (Lipinski definition) is 18. The molecule has 0 spiro atoms. The van der Waals surface area contributed by atoms with Crippen molar-refractivity contribution in [1.82, 2.24) is 44.2 Å². The summed E-state index contributed by atoms with van der Waals surface area (Å²) in [4.78, 5) is 64.2. The van der Waals surface area contributed by atoms with Crippen LogP contribution in [0.25, 0.3) is 11.6 Å². The first kappa shape index (κ1) is 70.4. The number of sulfonamides is 2. The summed E-state index contributed by atoms with van der Waals surface area (Å²) in [6.07, 6.45) is 20.6. The van der Waals surface area contributed by atoms with E-state index in [9.17, 15) is 36.0 Å². The highest BCUT2D eigenvalue weighted by Crippen LogP contribution is 2.49. The molecule has 23 nitrogen and oxygen atoms in total. The molecule has 4 aliphatic carbocycles. The number of anilines is 2. The Kier molecular flexibility index (Phi) is 23.4. The van der Waals surface area contributed by atoms with Crippen LogP contribution in [0, 0.1) is 33.5 Å². The molecule has 0 aliphatic heterocycles. The van der Waals surface area contributed by atoms with Crippen molar-refractivity contribution in [1.29, 1.82) is 0 Å². The minimum atomic E-state index is -4.28. The van der Waals surface area contributed by atoms with E-state index in [4.69, 9.17) is 42.9 Å². The first-order chi connectivity index (χ1) is 41.9. The van der Waals surface area contributed by atoms with Crippen LogP contribution in [0.2, 0.25) is 10.3 Å². The number of nitrogens with one attached hydrogen (secondary N) is 3. The van der Waals surface area contributed by atoms with Crippen LogP contribution in [-0.2, 0) is 29.6 Å². The van der Waals surface area contributed by atoms with Crippen LogP contribution in [0.15, 0.2) is 95.2 Å². The molecule has 4 fully saturated rings. The predicted molar refractivity (Wildman–Crippen MR) is 344 cm³/mol. The number of ketones is 2. The van der Waals surface area contributed by atoms with Gasteiger partial charge in [0.2, 0.25) is 11.8 Å². The largest absolute Gasteiger partial charge is 0.478 e. The van der Waals surface area contributed by atoms with Crippen molar-refractivity contribution < 1.29 is 50.6 Å². The quantitative estimate of drug-likeness (QED) is 0.0236. The van der Waals surface area contributed by atoms with E-state index in [1.54, 1.807) is 48.8 Å². The molecular weight excluding hydrogens is 1240 g/mol. The Labute approximate surface area is 537 Å². The Morgan fingerprint density at radius 1 is 0.611 bits per heavy atom. The Morgan fingerprint density at radius 2 is 1.04 bits per heavy atom. The molecule has 2 atom stereocenters. The normalized spacial score (nSPS) is 18.1. The molecule has 0 bridgehead atoms. The van der Waals surface area contributed by atoms with E-state index in [0.29, 0.717) is 53.5 Å². The number of carboxylic acid groups (broad SMARTS) is 1. The second kappa shape index (κ2) is 29.9. The smallest absolute Gasteiger partial charge is 0.338 e. The van der Waals surface area contributed by atoms with Gasteiger partial charge < -0.3 is 25.2 Å². The van der Waals surface area contributed by atoms with E-state index in [1.807, 2.05) is 4.72 Å². The molecule has 4 aliphatic rings. The van der Waals surface area contributed by atoms with E-state index in [-0.39, 0.29) is 86.2 Å². The van der Waals surface area contributed by atoms with E-state index < -0.39 is 31.9 Å². The van der Waals surface area contributed by atoms with Crippen molar-refractivity contribution in [2.75, 3.05) is 36.9 Å². The zero-order chi connectivity index (χ0) is 64.4. The summed E-state index contributed by atoms with van der Waals surface area (Å²) >= 11 is 12.1. The summed E-state index contributed by atoms with van der Waals surface area (Å²) in [6, 6.07) is 18.3. The number of aromatic carboxylic acids is 1. The second-order valence-corrected chi connectivity index (χ2v) is 29.9. The van der Waals surface area contributed by atoms with Gasteiger partial charge in [0, 0.05) is 50.5 Å². The molecule has 0 saturated heterocycles. The van der Waals surface area contributed by atoms with Gasteiger partial charge in [-0.2, -0.15) is 8.42 Å². The molecule has 0 aromatic carbocycles. The molecule has 488 valence electrons. The average molecular weight is 1320 g/mol. The number of nitrogens with zero attached hydrogens (tertiary/aromatic N) is 8. The van der Waals surface area contributed by atoms with Gasteiger partial charge in [-0.3, -0.25) is 14.4 Å². The zero-order valence-corrected chi connectivity index (χ0v) is 54.3. The molecule has 4 saturated carbocycles. The Bertz CT molecular complexity index is 3740. The van der Waals surface area contributed by atoms with Crippen molar-refractivity contribution in [2.24, 2.45) is 38.6 Å². The third-order valence-electron chi connectivity index (χ3n) is 16.5. The van der Waals surface area contributed by atoms with Gasteiger partial charge in [0.15, 0.2) is 33.3 Å². The summed E-state index contributed by atoms with van der Waals surface area (Å²) in [7, 11) is -8.02. The van der Waals surface area contributed by atoms with Gasteiger partial charge in [0.05, 0.1) is 11.1 Å². The van der Waals surface area contributed by atoms with Crippen LogP contribution in [0.4, 0.5) is 11.6 Å². The first-order valence-electron chi connectivity index (χ1n) is 29.9. The summed E-state index contributed by atoms with van der Waals surface area (Å²) in [5.41, 5.74) is 0.979. The number of primary sulfonamides is 1. The molecule has 1 amide bonds. The summed E-state index contributed by atoms with van der Waals surface area (Å²) in [5, 5.41) is 28.1. The first-order valence-corrected chi connectivity index (χ1v) is 33.7. The average Bonchev–Trinajstić information content (AvgIpc) is 1.22. The lowest BCUT2D eigenvalue weighted by atomic mass is 9.89. The maximum Gasteiger partial charge on any atom is 0.338 e. The number of amides is 1. The van der Waals surface area contributed by atoms with Crippen molar-refractivity contribution in [3.8, 4) is 23.4 Å². The number of rotatable bonds is 27. The SMILES string of the molecule is C.CC1(C)CC[C@@H](CCCNc2cccc(S(=O)(=O)NC(=O)c3ccc(-n4ccc(OCC(=O)CC5(C)CC5)n4)nc3Cl)n2)C1.CC1(C)CC[C@@H](CCCNc2cccc(S(N)(=O)=O)n2)C1.CC1(CC(=O)COc2ccn(-c3ccc(C(=O)O)c(Cl)n3)n2)CC1. The van der Waals surface area contributed by atoms with Crippen molar-refractivity contribution in [3.63, 3.8) is 0 Å². The molecule has 90 heavy (non-hydrogen) atoms. The van der Waals surface area contributed by atoms with Gasteiger partial charge in [-0.15, -0.1) is 10.2 Å². The Balaban J connectivity index is 0.000000211. The van der Waals surface area contributed by atoms with Crippen LogP contribution < -0.4 is 30.0 Å². The fourth-order valence-electron chi connectivity index (χ4n) is 11.0. The topological polar surface area (TPSA) is 325 Å². The summed E-state index contributed by atoms with van der Waals surface area (Å²) in [6.45, 7) is 14.9. The van der Waals surface area contributed by atoms with Crippen LogP contribution >= 0.6 is 23.2 Å². The van der Waals surface area contributed by atoms with E-state index in [0.717, 1.165) is 63.3 Å². The van der Waals surface area contributed by atoms with Crippen LogP contribution in [0.5, 0.6) is 11.8 Å². The maximum absolute atomic E-state index is 13.0. The number of hydrogen-bond donors (Lipinski definition) is 5. The van der Waals surface area contributed by atoms with Gasteiger partial charge in [-0.1, -0.05) is 84.3 Å². The second-order valence-electron chi connectivity index (χ2n) is 26.0. The molecule has 0 unspecified atom stereocenters. The van der Waals surface area contributed by atoms with Gasteiger partial charge in [-0.05, 0) is 172 Å². The number of nitrogens with two attached hydrogens (primary N) is 1. The predicted octanol–water partition coefficient (Wildman–Crippen LogP) is 11.7. The van der Waals surface area contributed by atoms with Crippen LogP contribution in [0.3, 0.4) is 0 Å². The highest BCUT2D eigenvalue weighted by Gasteiger charge is 2.40. The third-order valence-corrected chi connectivity index (χ3v) is 19.2. The minimum Gasteiger partial charge on any atom is -0.478 e. The highest BCUT2D eigenvalue weighted by molar-refractivity contribution is 7.90. The molecule has 6 aromatic heterocycles. The number of carbonyl (C=O) groups excluding carboxylic acids is 3. The third kappa shape index (κ3) is 21.3. The number of carboxylic acids is 1. The van der Waals surface area contributed by atoms with Crippen LogP contribution in [0.1, 0.15) is 172 Å². The molecule has 6 aromatic rings. The molecule has 0 radical (unpaired) electrons. The molecule has 6 heterocycles. The molecular formula is C63H84Cl2N12O11S2. The standard InChI is InChI=1S/C31H39ClN6O5S.C16H16ClN3O4.C15H25N3O2S.CH4/c1-30(2)13-11-21(18-30)6-5-16-33-24-7-4-8-27(34-24)44(41,42)37-29(40)23-9-10-25(35-28(23)32)38-17-12-26(36-38)43-20-22(39)19-31(3)14-15-31;1-16(5-6-16)8-10(21)9-24-13-4-7-20(19-13)12-3-2-11(15(22)23)14(17)18-12;1-15(2)9-8-12(11-15)5-4-10-17-13-6-3-7-14(18-13)21(16,19)20;/h4,7-10,12,17,21H,5-6,11,13-16,18-20H2,1-3H3,(H,33,34)(H,37,40);2-4,7H,5-6,8-9H2,1H3,(H,22,23);3,6-7,12H,4-5,8-11H2,1-2H3,(H,17,18)(H2,16,19,20);1H4/t21-;;12-;/m1.1./s1. The lowest BCUT2D eigenvalue weighted by molar-refractivity contribution is -0.122. The van der Waals surface area contributed by atoms with Gasteiger partial charge in [0.25, 0.3) is 26.0 Å². The molecule has 27 heteroatoms. The fourth-order valence-corrected chi connectivity index (χ4v) is 12.9. The lowest BCUT2D eigenvalue weighted by Crippen LogP contribution is -2.31. The molecule has 10 rings (SSSR count). The van der Waals surface area contributed by atoms with E-state index in [2.05, 4.69) is 82.3 Å². The van der Waals surface area contributed by atoms with Gasteiger partial charge >= 0.3 is 5.97 Å². The number of Topliss-reactive ketones (excluding diaryl/α,β-unsaturated/α-hetero) is 2. The van der Waals surface area contributed by atoms with Crippen molar-refractivity contribution in [2.45, 2.75) is 162 Å². The highest BCUT2D eigenvalue weighted by atomic mass is 35.5. The summed E-state index contributed by atoms with van der Waals surface area (Å²) in [5.74, 6) is 1.68. The summed E-state index contributed by atoms with van der Waals surface area (Å²) < 4.78 is 64.2. The monoisotopic (exact) mass is 1320 g/mol. The molecule has 6 N–H and O–H groups in total.